The molecule has 1 saturated heterocycles. The summed E-state index contributed by atoms with van der Waals surface area (Å²) >= 11 is 0. The van der Waals surface area contributed by atoms with Crippen molar-refractivity contribution in [3.63, 3.8) is 0 Å². The van der Waals surface area contributed by atoms with Gasteiger partial charge in [0.1, 0.15) is 6.61 Å². The number of benzene rings is 3. The zero-order valence-corrected chi connectivity index (χ0v) is 22.8. The first-order chi connectivity index (χ1) is 19.3. The molecule has 8 heteroatoms. The van der Waals surface area contributed by atoms with Crippen LogP contribution < -0.4 is 10.2 Å². The summed E-state index contributed by atoms with van der Waals surface area (Å²) in [4.78, 5) is 17.0. The topological polar surface area (TPSA) is 44.8 Å². The Morgan fingerprint density at radius 1 is 0.875 bits per heavy atom. The number of hydrogen-bond donors (Lipinski definition) is 1. The molecule has 0 aromatic heterocycles. The van der Waals surface area contributed by atoms with E-state index in [9.17, 15) is 18.0 Å². The van der Waals surface area contributed by atoms with Crippen molar-refractivity contribution in [2.75, 3.05) is 43.0 Å². The summed E-state index contributed by atoms with van der Waals surface area (Å²) in [6, 6.07) is 23.3. The lowest BCUT2D eigenvalue weighted by Crippen LogP contribution is -2.50. The molecule has 5 rings (SSSR count). The molecule has 0 unspecified atom stereocenters. The Kier molecular flexibility index (Phi) is 8.64. The molecule has 1 heterocycles. The van der Waals surface area contributed by atoms with Crippen molar-refractivity contribution in [3.05, 3.63) is 83.9 Å². The Balaban J connectivity index is 1.03. The van der Waals surface area contributed by atoms with Crippen LogP contribution in [0.5, 0.6) is 0 Å². The third-order valence-electron chi connectivity index (χ3n) is 8.00. The molecule has 2 aliphatic rings. The van der Waals surface area contributed by atoms with E-state index >= 15 is 0 Å². The summed E-state index contributed by atoms with van der Waals surface area (Å²) in [6.07, 6.45) is -1.24. The fraction of sp³-hybridized carbons (Fsp3) is 0.406. The Morgan fingerprint density at radius 3 is 2.17 bits per heavy atom. The van der Waals surface area contributed by atoms with Crippen LogP contribution in [0.15, 0.2) is 72.8 Å². The second-order valence-corrected chi connectivity index (χ2v) is 10.7. The van der Waals surface area contributed by atoms with Gasteiger partial charge in [0.25, 0.3) is 0 Å². The first-order valence-corrected chi connectivity index (χ1v) is 14.0. The van der Waals surface area contributed by atoms with Crippen LogP contribution in [0, 0.1) is 6.92 Å². The number of halogens is 3. The van der Waals surface area contributed by atoms with Crippen LogP contribution in [0.4, 0.5) is 24.5 Å². The molecule has 2 fully saturated rings. The zero-order valence-electron chi connectivity index (χ0n) is 22.8. The summed E-state index contributed by atoms with van der Waals surface area (Å²) in [5.41, 5.74) is 3.65. The lowest BCUT2D eigenvalue weighted by molar-refractivity contribution is -0.139. The molecule has 1 aliphatic heterocycles. The quantitative estimate of drug-likeness (QED) is 0.352. The van der Waals surface area contributed by atoms with Gasteiger partial charge in [0.15, 0.2) is 0 Å². The van der Waals surface area contributed by atoms with Gasteiger partial charge in [-0.05, 0) is 73.6 Å². The molecule has 3 aromatic carbocycles. The number of ether oxygens (including phenoxy) is 1. The van der Waals surface area contributed by atoms with Crippen molar-refractivity contribution in [1.29, 1.82) is 0 Å². The van der Waals surface area contributed by atoms with Crippen LogP contribution in [0.2, 0.25) is 0 Å². The molecule has 1 aliphatic carbocycles. The number of hydrogen-bond acceptors (Lipinski definition) is 4. The van der Waals surface area contributed by atoms with Gasteiger partial charge in [-0.1, -0.05) is 48.5 Å². The summed E-state index contributed by atoms with van der Waals surface area (Å²) in [6.45, 7) is 4.43. The van der Waals surface area contributed by atoms with E-state index in [0.29, 0.717) is 18.8 Å². The number of rotatable bonds is 7. The van der Waals surface area contributed by atoms with Crippen molar-refractivity contribution in [2.45, 2.75) is 50.9 Å². The number of anilines is 2. The predicted octanol–water partition coefficient (Wildman–Crippen LogP) is 6.77. The van der Waals surface area contributed by atoms with E-state index in [1.165, 1.54) is 30.2 Å². The number of nitrogens with zero attached hydrogens (tertiary/aromatic N) is 2. The van der Waals surface area contributed by atoms with Crippen LogP contribution in [-0.2, 0) is 15.7 Å². The minimum absolute atomic E-state index is 0.00447. The van der Waals surface area contributed by atoms with E-state index in [-0.39, 0.29) is 30.2 Å². The van der Waals surface area contributed by atoms with Crippen molar-refractivity contribution in [1.82, 2.24) is 4.90 Å². The number of nitrogens with one attached hydrogen (secondary N) is 1. The van der Waals surface area contributed by atoms with E-state index in [1.54, 1.807) is 6.07 Å². The molecular weight excluding hydrogens is 515 g/mol. The maximum absolute atomic E-state index is 13.2. The monoisotopic (exact) mass is 551 g/mol. The maximum atomic E-state index is 13.2. The molecule has 1 N–H and O–H groups in total. The van der Waals surface area contributed by atoms with Crippen molar-refractivity contribution >= 4 is 17.3 Å². The summed E-state index contributed by atoms with van der Waals surface area (Å²) in [5.74, 6) is 0.0126. The van der Waals surface area contributed by atoms with E-state index in [2.05, 4.69) is 46.6 Å². The highest BCUT2D eigenvalue weighted by atomic mass is 19.4. The molecule has 0 radical (unpaired) electrons. The molecule has 1 saturated carbocycles. The van der Waals surface area contributed by atoms with Crippen LogP contribution in [0.3, 0.4) is 0 Å². The van der Waals surface area contributed by atoms with E-state index in [0.717, 1.165) is 44.5 Å². The molecule has 40 heavy (non-hydrogen) atoms. The summed E-state index contributed by atoms with van der Waals surface area (Å²) in [7, 11) is 0. The van der Waals surface area contributed by atoms with Crippen LogP contribution in [-0.4, -0.2) is 55.7 Å². The van der Waals surface area contributed by atoms with Gasteiger partial charge < -0.3 is 19.9 Å². The Bertz CT molecular complexity index is 1260. The van der Waals surface area contributed by atoms with Crippen molar-refractivity contribution in [2.24, 2.45) is 0 Å². The number of alkyl halides is 3. The van der Waals surface area contributed by atoms with Gasteiger partial charge in [-0.3, -0.25) is 4.79 Å². The zero-order chi connectivity index (χ0) is 28.1. The van der Waals surface area contributed by atoms with Gasteiger partial charge in [-0.15, -0.1) is 0 Å². The normalized spacial score (nSPS) is 19.9. The Morgan fingerprint density at radius 2 is 1.52 bits per heavy atom. The smallest absolute Gasteiger partial charge is 0.382 e. The molecule has 0 spiro atoms. The van der Waals surface area contributed by atoms with Crippen molar-refractivity contribution in [3.8, 4) is 11.1 Å². The lowest BCUT2D eigenvalue weighted by atomic mass is 9.92. The van der Waals surface area contributed by atoms with Gasteiger partial charge in [-0.25, -0.2) is 0 Å². The lowest BCUT2D eigenvalue weighted by Gasteiger charge is -2.36. The highest BCUT2D eigenvalue weighted by Crippen LogP contribution is 2.34. The maximum Gasteiger partial charge on any atom is 0.416 e. The average molecular weight is 552 g/mol. The number of carbonyl (C=O) groups is 1. The fourth-order valence-corrected chi connectivity index (χ4v) is 5.62. The number of aryl methyl sites for hydroxylation is 1. The van der Waals surface area contributed by atoms with Crippen LogP contribution in [0.1, 0.15) is 36.8 Å². The van der Waals surface area contributed by atoms with E-state index < -0.39 is 11.7 Å². The van der Waals surface area contributed by atoms with Crippen molar-refractivity contribution < 1.29 is 22.7 Å². The predicted molar refractivity (Wildman–Crippen MR) is 152 cm³/mol. The third kappa shape index (κ3) is 6.97. The second kappa shape index (κ2) is 12.3. The molecule has 212 valence electrons. The van der Waals surface area contributed by atoms with Gasteiger partial charge in [0.05, 0.1) is 11.7 Å². The molecule has 5 nitrogen and oxygen atoms in total. The van der Waals surface area contributed by atoms with E-state index in [4.69, 9.17) is 4.74 Å². The SMILES string of the molecule is Cc1ccc(NC2CCC(OCC(=O)N3CCN(c4ccc(-c5ccccc5)cc4)CC3)CC2)cc1C(F)(F)F. The van der Waals surface area contributed by atoms with Gasteiger partial charge in [0, 0.05) is 43.6 Å². The standard InChI is InChI=1S/C32H36F3N3O2/c1-23-7-10-27(21-30(23)32(33,34)35)36-26-11-15-29(16-12-26)40-22-31(39)38-19-17-37(18-20-38)28-13-8-25(9-14-28)24-5-3-2-4-6-24/h2-10,13-14,21,26,29,36H,11-12,15-20,22H2,1H3. The van der Waals surface area contributed by atoms with E-state index in [1.807, 2.05) is 23.1 Å². The molecule has 3 aromatic rings. The highest BCUT2D eigenvalue weighted by molar-refractivity contribution is 5.78. The van der Waals surface area contributed by atoms with Crippen LogP contribution in [0.25, 0.3) is 11.1 Å². The largest absolute Gasteiger partial charge is 0.416 e. The minimum atomic E-state index is -4.36. The fourth-order valence-electron chi connectivity index (χ4n) is 5.62. The van der Waals surface area contributed by atoms with Gasteiger partial charge in [0.2, 0.25) is 5.91 Å². The van der Waals surface area contributed by atoms with Gasteiger partial charge in [-0.2, -0.15) is 13.2 Å². The number of piperazine rings is 1. The first-order valence-electron chi connectivity index (χ1n) is 14.0. The summed E-state index contributed by atoms with van der Waals surface area (Å²) in [5, 5.41) is 3.25. The minimum Gasteiger partial charge on any atom is -0.382 e. The number of amides is 1. The molecule has 0 bridgehead atoms. The molecular formula is C32H36F3N3O2. The third-order valence-corrected chi connectivity index (χ3v) is 8.00. The Labute approximate surface area is 233 Å². The Hall–Kier alpha value is -3.52. The molecule has 1 amide bonds. The second-order valence-electron chi connectivity index (χ2n) is 10.7. The highest BCUT2D eigenvalue weighted by Gasteiger charge is 2.33. The van der Waals surface area contributed by atoms with Gasteiger partial charge >= 0.3 is 6.18 Å². The average Bonchev–Trinajstić information content (AvgIpc) is 2.98. The van der Waals surface area contributed by atoms with Crippen LogP contribution >= 0.6 is 0 Å². The summed E-state index contributed by atoms with van der Waals surface area (Å²) < 4.78 is 45.6. The molecule has 0 atom stereocenters. The first kappa shape index (κ1) is 28.0. The number of carbonyl (C=O) groups excluding carboxylic acids is 1.